The van der Waals surface area contributed by atoms with Gasteiger partial charge in [0.05, 0.1) is 0 Å². The first-order chi connectivity index (χ1) is 20.3. The van der Waals surface area contributed by atoms with Crippen molar-refractivity contribution in [2.24, 2.45) is 0 Å². The van der Waals surface area contributed by atoms with Crippen LogP contribution in [-0.2, 0) is 6.03 Å². The number of benzene rings is 6. The first kappa shape index (κ1) is 22.0. The summed E-state index contributed by atoms with van der Waals surface area (Å²) in [5, 5.41) is 6.86. The van der Waals surface area contributed by atoms with Crippen molar-refractivity contribution < 1.29 is 18.6 Å². The summed E-state index contributed by atoms with van der Waals surface area (Å²) < 4.78 is 21.4. The largest absolute Gasteiger partial charge is 0.717 e. The van der Waals surface area contributed by atoms with E-state index < -0.39 is 6.03 Å². The van der Waals surface area contributed by atoms with Crippen LogP contribution in [0.25, 0.3) is 63.1 Å². The summed E-state index contributed by atoms with van der Waals surface area (Å²) in [6.45, 7) is 0. The summed E-state index contributed by atoms with van der Waals surface area (Å²) in [6, 6.07) is 41.5. The van der Waals surface area contributed by atoms with Crippen molar-refractivity contribution in [1.29, 1.82) is 0 Å². The van der Waals surface area contributed by atoms with E-state index in [1.807, 2.05) is 0 Å². The zero-order valence-electron chi connectivity index (χ0n) is 21.6. The normalized spacial score (nSPS) is 14.4. The van der Waals surface area contributed by atoms with Crippen molar-refractivity contribution in [1.82, 2.24) is 0 Å². The second-order valence-electron chi connectivity index (χ2n) is 10.6. The van der Waals surface area contributed by atoms with Crippen molar-refractivity contribution in [3.8, 4) is 32.6 Å². The molecule has 4 heterocycles. The van der Waals surface area contributed by atoms with Gasteiger partial charge in [-0.05, 0) is 67.1 Å². The van der Waals surface area contributed by atoms with Crippen LogP contribution in [-0.4, -0.2) is 0 Å². The predicted octanol–water partition coefficient (Wildman–Crippen LogP) is 8.23. The van der Waals surface area contributed by atoms with Crippen LogP contribution in [0.1, 0.15) is 0 Å². The number of para-hydroxylation sites is 2. The van der Waals surface area contributed by atoms with Crippen LogP contribution < -0.4 is 18.6 Å². The highest BCUT2D eigenvalue weighted by Gasteiger charge is 2.69. The molecule has 2 aliphatic heterocycles. The fraction of sp³-hybridized carbons (Fsp3) is 0.0286. The lowest BCUT2D eigenvalue weighted by Crippen LogP contribution is -2.81. The Kier molecular flexibility index (Phi) is 4.12. The van der Waals surface area contributed by atoms with Gasteiger partial charge in [-0.1, -0.05) is 95.5 Å². The molecule has 2 aromatic heterocycles. The Morgan fingerprint density at radius 2 is 0.854 bits per heavy atom. The number of thiazole rings is 2. The van der Waals surface area contributed by atoms with Crippen LogP contribution in [0.4, 0.5) is 0 Å². The van der Waals surface area contributed by atoms with Crippen molar-refractivity contribution >= 4 is 64.7 Å². The molecule has 0 N–H and O–H groups in total. The monoisotopic (exact) mass is 564 g/mol. The first-order valence-corrected chi connectivity index (χ1v) is 15.2. The molecule has 0 saturated carbocycles. The lowest BCUT2D eigenvalue weighted by molar-refractivity contribution is -1.04. The standard InChI is InChI=1S/C35H20N2O2S2/c1-3-11-23-19-29-25(17-21(23)9-1)33-36(27-13-5-7-15-31(27)40-33)35(38-29)37-28-14-6-8-16-32(28)41-34(37)26-18-22-10-2-4-12-24(22)20-30(26)39-35/h1-20H/q+2. The van der Waals surface area contributed by atoms with Crippen molar-refractivity contribution in [2.45, 2.75) is 6.03 Å². The molecule has 0 atom stereocenters. The Labute approximate surface area is 242 Å². The number of hydrogen-bond donors (Lipinski definition) is 0. The van der Waals surface area contributed by atoms with Gasteiger partial charge in [-0.2, -0.15) is 0 Å². The minimum Gasteiger partial charge on any atom is -0.340 e. The van der Waals surface area contributed by atoms with Gasteiger partial charge in [0.15, 0.2) is 11.5 Å². The van der Waals surface area contributed by atoms with Crippen molar-refractivity contribution in [3.63, 3.8) is 0 Å². The second-order valence-corrected chi connectivity index (χ2v) is 12.6. The maximum atomic E-state index is 7.24. The van der Waals surface area contributed by atoms with Gasteiger partial charge in [0.1, 0.15) is 20.5 Å². The van der Waals surface area contributed by atoms with Gasteiger partial charge >= 0.3 is 6.03 Å². The highest BCUT2D eigenvalue weighted by atomic mass is 32.1. The molecule has 6 heteroatoms. The molecular weight excluding hydrogens is 545 g/mol. The first-order valence-electron chi connectivity index (χ1n) is 13.6. The zero-order valence-corrected chi connectivity index (χ0v) is 23.2. The summed E-state index contributed by atoms with van der Waals surface area (Å²) in [7, 11) is 0. The lowest BCUT2D eigenvalue weighted by atomic mass is 10.0. The van der Waals surface area contributed by atoms with Gasteiger partial charge in [0, 0.05) is 12.1 Å². The van der Waals surface area contributed by atoms with Crippen molar-refractivity contribution in [3.05, 3.63) is 121 Å². The van der Waals surface area contributed by atoms with E-state index in [4.69, 9.17) is 9.47 Å². The van der Waals surface area contributed by atoms with Crippen LogP contribution in [0.15, 0.2) is 121 Å². The van der Waals surface area contributed by atoms with Crippen molar-refractivity contribution in [2.75, 3.05) is 0 Å². The smallest absolute Gasteiger partial charge is 0.340 e. The van der Waals surface area contributed by atoms with Gasteiger partial charge < -0.3 is 9.47 Å². The summed E-state index contributed by atoms with van der Waals surface area (Å²) in [5.74, 6) is 1.63. The minimum atomic E-state index is -1.30. The Balaban J connectivity index is 1.38. The second kappa shape index (κ2) is 7.69. The van der Waals surface area contributed by atoms with E-state index in [1.54, 1.807) is 22.7 Å². The summed E-state index contributed by atoms with van der Waals surface area (Å²) in [4.78, 5) is 0. The molecule has 4 nitrogen and oxygen atoms in total. The Bertz CT molecular complexity index is 2230. The summed E-state index contributed by atoms with van der Waals surface area (Å²) >= 11 is 3.56. The molecule has 0 aliphatic carbocycles. The molecule has 0 fully saturated rings. The van der Waals surface area contributed by atoms with E-state index in [9.17, 15) is 0 Å². The number of aromatic nitrogens is 2. The Hall–Kier alpha value is -4.78. The van der Waals surface area contributed by atoms with Gasteiger partial charge in [-0.3, -0.25) is 0 Å². The van der Waals surface area contributed by atoms with Crippen LogP contribution in [0, 0.1) is 0 Å². The fourth-order valence-corrected chi connectivity index (χ4v) is 8.81. The molecule has 0 amide bonds. The quantitative estimate of drug-likeness (QED) is 0.173. The fourth-order valence-electron chi connectivity index (χ4n) is 6.42. The number of rotatable bonds is 0. The average Bonchev–Trinajstić information content (AvgIpc) is 3.60. The van der Waals surface area contributed by atoms with Crippen LogP contribution >= 0.6 is 22.7 Å². The summed E-state index contributed by atoms with van der Waals surface area (Å²) in [6.07, 6.45) is 0. The van der Waals surface area contributed by atoms with E-state index in [-0.39, 0.29) is 0 Å². The van der Waals surface area contributed by atoms with Gasteiger partial charge in [-0.25, -0.2) is 0 Å². The third-order valence-corrected chi connectivity index (χ3v) is 10.6. The van der Waals surface area contributed by atoms with Gasteiger partial charge in [0.2, 0.25) is 11.0 Å². The molecule has 6 aromatic carbocycles. The van der Waals surface area contributed by atoms with E-state index in [1.165, 1.54) is 20.2 Å². The lowest BCUT2D eigenvalue weighted by Gasteiger charge is -2.30. The number of nitrogens with zero attached hydrogens (tertiary/aromatic N) is 2. The highest BCUT2D eigenvalue weighted by Crippen LogP contribution is 2.48. The molecule has 192 valence electrons. The number of fused-ring (bicyclic) bond motifs is 14. The third-order valence-electron chi connectivity index (χ3n) is 8.24. The molecule has 8 aromatic rings. The van der Waals surface area contributed by atoms with Crippen LogP contribution in [0.5, 0.6) is 11.5 Å². The Morgan fingerprint density at radius 3 is 1.32 bits per heavy atom. The number of ether oxygens (including phenoxy) is 2. The van der Waals surface area contributed by atoms with E-state index in [0.29, 0.717) is 0 Å². The molecule has 0 radical (unpaired) electrons. The molecule has 41 heavy (non-hydrogen) atoms. The zero-order chi connectivity index (χ0) is 26.7. The maximum Gasteiger partial charge on any atom is 0.717 e. The topological polar surface area (TPSA) is 26.2 Å². The predicted molar refractivity (Wildman–Crippen MR) is 165 cm³/mol. The average molecular weight is 565 g/mol. The highest BCUT2D eigenvalue weighted by molar-refractivity contribution is 7.21. The molecule has 0 bridgehead atoms. The summed E-state index contributed by atoms with van der Waals surface area (Å²) in [5.41, 5.74) is 4.30. The molecule has 1 spiro atoms. The minimum absolute atomic E-state index is 0.813. The molecular formula is C35H20N2O2S2+2. The maximum absolute atomic E-state index is 7.24. The van der Waals surface area contributed by atoms with Gasteiger partial charge in [-0.15, -0.1) is 0 Å². The molecule has 2 aliphatic rings. The van der Waals surface area contributed by atoms with Crippen LogP contribution in [0.3, 0.4) is 0 Å². The Morgan fingerprint density at radius 1 is 0.463 bits per heavy atom. The van der Waals surface area contributed by atoms with E-state index >= 15 is 0 Å². The SMILES string of the molecule is c1ccc2cc3c(cc2c1)OC1(Oc2cc4ccccc4cc2-c2sc4ccccc4[n+]21)[n+]1c-3sc2ccccc21. The third kappa shape index (κ3) is 2.83. The molecule has 0 saturated heterocycles. The van der Waals surface area contributed by atoms with Gasteiger partial charge in [0.25, 0.3) is 10.0 Å². The number of hydrogen-bond acceptors (Lipinski definition) is 4. The van der Waals surface area contributed by atoms with Crippen LogP contribution in [0.2, 0.25) is 0 Å². The van der Waals surface area contributed by atoms with E-state index in [2.05, 4.69) is 130 Å². The molecule has 0 unspecified atom stereocenters. The molecule has 10 rings (SSSR count). The van der Waals surface area contributed by atoms with E-state index in [0.717, 1.165) is 54.4 Å².